The zero-order valence-electron chi connectivity index (χ0n) is 11.0. The summed E-state index contributed by atoms with van der Waals surface area (Å²) in [6.07, 6.45) is 6.45. The van der Waals surface area contributed by atoms with E-state index in [0.29, 0.717) is 12.1 Å². The van der Waals surface area contributed by atoms with Crippen molar-refractivity contribution in [1.82, 2.24) is 34.9 Å². The van der Waals surface area contributed by atoms with Crippen molar-refractivity contribution in [3.05, 3.63) is 23.8 Å². The van der Waals surface area contributed by atoms with Crippen molar-refractivity contribution >= 4 is 0 Å². The van der Waals surface area contributed by atoms with E-state index >= 15 is 0 Å². The van der Waals surface area contributed by atoms with Crippen LogP contribution in [0.1, 0.15) is 36.3 Å². The lowest BCUT2D eigenvalue weighted by atomic mass is 10.1. The van der Waals surface area contributed by atoms with Crippen LogP contribution in [0, 0.1) is 6.92 Å². The Morgan fingerprint density at radius 1 is 1.26 bits per heavy atom. The fourth-order valence-corrected chi connectivity index (χ4v) is 2.59. The number of aryl methyl sites for hydroxylation is 1. The summed E-state index contributed by atoms with van der Waals surface area (Å²) in [6.45, 7) is 4.97. The summed E-state index contributed by atoms with van der Waals surface area (Å²) in [5.41, 5.74) is 1.22. The molecular weight excluding hydrogens is 242 g/mol. The molecule has 1 saturated carbocycles. The number of rotatable bonds is 4. The predicted octanol–water partition coefficient (Wildman–Crippen LogP) is 0.570. The molecule has 2 fully saturated rings. The molecule has 0 bridgehead atoms. The summed E-state index contributed by atoms with van der Waals surface area (Å²) in [5.74, 6) is 0.998. The molecule has 2 aromatic heterocycles. The minimum atomic E-state index is 0.499. The van der Waals surface area contributed by atoms with Crippen LogP contribution in [-0.4, -0.2) is 48.0 Å². The summed E-state index contributed by atoms with van der Waals surface area (Å²) in [4.78, 5) is 2.37. The summed E-state index contributed by atoms with van der Waals surface area (Å²) in [7, 11) is 0. The first-order valence-electron chi connectivity index (χ1n) is 6.79. The molecule has 0 N–H and O–H groups in total. The van der Waals surface area contributed by atoms with Gasteiger partial charge in [-0.1, -0.05) is 0 Å². The highest BCUT2D eigenvalue weighted by molar-refractivity contribution is 5.02. The average molecular weight is 259 g/mol. The van der Waals surface area contributed by atoms with Crippen LogP contribution in [0.25, 0.3) is 0 Å². The molecule has 1 aliphatic heterocycles. The van der Waals surface area contributed by atoms with Crippen LogP contribution in [0.3, 0.4) is 0 Å². The molecule has 2 aliphatic rings. The number of hydrogen-bond donors (Lipinski definition) is 0. The van der Waals surface area contributed by atoms with Crippen molar-refractivity contribution in [3.8, 4) is 0 Å². The first-order chi connectivity index (χ1) is 9.29. The van der Waals surface area contributed by atoms with Crippen molar-refractivity contribution in [3.63, 3.8) is 0 Å². The van der Waals surface area contributed by atoms with Crippen molar-refractivity contribution in [2.45, 2.75) is 38.4 Å². The van der Waals surface area contributed by atoms with Gasteiger partial charge in [-0.3, -0.25) is 9.58 Å². The first-order valence-corrected chi connectivity index (χ1v) is 6.79. The molecule has 7 heteroatoms. The van der Waals surface area contributed by atoms with Gasteiger partial charge in [-0.2, -0.15) is 5.10 Å². The van der Waals surface area contributed by atoms with Crippen LogP contribution in [-0.2, 0) is 6.54 Å². The third-order valence-corrected chi connectivity index (χ3v) is 3.86. The van der Waals surface area contributed by atoms with E-state index in [1.165, 1.54) is 18.4 Å². The lowest BCUT2D eigenvalue weighted by Crippen LogP contribution is -2.47. The van der Waals surface area contributed by atoms with E-state index in [9.17, 15) is 0 Å². The summed E-state index contributed by atoms with van der Waals surface area (Å²) >= 11 is 0. The number of hydrogen-bond acceptors (Lipinski definition) is 5. The number of likely N-dealkylation sites (tertiary alicyclic amines) is 1. The molecule has 0 spiro atoms. The van der Waals surface area contributed by atoms with E-state index in [0.717, 1.165) is 25.5 Å². The first kappa shape index (κ1) is 11.1. The van der Waals surface area contributed by atoms with Gasteiger partial charge >= 0.3 is 0 Å². The minimum absolute atomic E-state index is 0.499. The number of aromatic nitrogens is 6. The molecule has 4 rings (SSSR count). The molecule has 2 aromatic rings. The SMILES string of the molecule is Cc1cnn(C2CN(Cc3nnnn3C3CC3)C2)c1. The standard InChI is InChI=1S/C12H17N7/c1-9-4-13-18(5-9)11-6-17(7-11)8-12-14-15-16-19(12)10-2-3-10/h4-5,10-11H,2-3,6-8H2,1H3. The fourth-order valence-electron chi connectivity index (χ4n) is 2.59. The Morgan fingerprint density at radius 2 is 2.11 bits per heavy atom. The molecule has 0 radical (unpaired) electrons. The van der Waals surface area contributed by atoms with Crippen molar-refractivity contribution in [1.29, 1.82) is 0 Å². The topological polar surface area (TPSA) is 64.7 Å². The summed E-state index contributed by atoms with van der Waals surface area (Å²) in [6, 6.07) is 1.05. The van der Waals surface area contributed by atoms with Gasteiger partial charge in [0.25, 0.3) is 0 Å². The highest BCUT2D eigenvalue weighted by Gasteiger charge is 2.32. The Bertz CT molecular complexity index is 576. The molecule has 0 amide bonds. The third-order valence-electron chi connectivity index (χ3n) is 3.86. The van der Waals surface area contributed by atoms with Gasteiger partial charge in [-0.25, -0.2) is 4.68 Å². The van der Waals surface area contributed by atoms with E-state index in [2.05, 4.69) is 43.3 Å². The number of tetrazole rings is 1. The second-order valence-corrected chi connectivity index (χ2v) is 5.62. The fraction of sp³-hybridized carbons (Fsp3) is 0.667. The Labute approximate surface area is 111 Å². The highest BCUT2D eigenvalue weighted by atomic mass is 15.6. The van der Waals surface area contributed by atoms with Gasteiger partial charge in [0.1, 0.15) is 0 Å². The molecule has 0 atom stereocenters. The largest absolute Gasteiger partial charge is 0.292 e. The smallest absolute Gasteiger partial charge is 0.165 e. The molecule has 0 aromatic carbocycles. The molecule has 100 valence electrons. The zero-order chi connectivity index (χ0) is 12.8. The predicted molar refractivity (Wildman–Crippen MR) is 67.4 cm³/mol. The van der Waals surface area contributed by atoms with Gasteiger partial charge in [0.2, 0.25) is 0 Å². The van der Waals surface area contributed by atoms with Crippen molar-refractivity contribution in [2.75, 3.05) is 13.1 Å². The van der Waals surface area contributed by atoms with Gasteiger partial charge in [-0.15, -0.1) is 5.10 Å². The maximum Gasteiger partial charge on any atom is 0.165 e. The lowest BCUT2D eigenvalue weighted by molar-refractivity contribution is 0.0863. The lowest BCUT2D eigenvalue weighted by Gasteiger charge is -2.38. The van der Waals surface area contributed by atoms with E-state index < -0.39 is 0 Å². The second-order valence-electron chi connectivity index (χ2n) is 5.62. The highest BCUT2D eigenvalue weighted by Crippen LogP contribution is 2.35. The van der Waals surface area contributed by atoms with Crippen molar-refractivity contribution in [2.24, 2.45) is 0 Å². The van der Waals surface area contributed by atoms with Gasteiger partial charge in [0.15, 0.2) is 5.82 Å². The zero-order valence-corrected chi connectivity index (χ0v) is 11.0. The van der Waals surface area contributed by atoms with Crippen LogP contribution < -0.4 is 0 Å². The van der Waals surface area contributed by atoms with Gasteiger partial charge in [0.05, 0.1) is 24.8 Å². The molecule has 1 saturated heterocycles. The normalized spacial score (nSPS) is 20.7. The third kappa shape index (κ3) is 2.03. The Morgan fingerprint density at radius 3 is 2.79 bits per heavy atom. The van der Waals surface area contributed by atoms with E-state index in [1.807, 2.05) is 10.9 Å². The minimum Gasteiger partial charge on any atom is -0.292 e. The van der Waals surface area contributed by atoms with Crippen LogP contribution in [0.4, 0.5) is 0 Å². The molecule has 0 unspecified atom stereocenters. The van der Waals surface area contributed by atoms with Gasteiger partial charge in [-0.05, 0) is 35.8 Å². The van der Waals surface area contributed by atoms with Gasteiger partial charge in [0, 0.05) is 19.3 Å². The van der Waals surface area contributed by atoms with Crippen LogP contribution in [0.5, 0.6) is 0 Å². The second kappa shape index (κ2) is 4.12. The van der Waals surface area contributed by atoms with Crippen molar-refractivity contribution < 1.29 is 0 Å². The van der Waals surface area contributed by atoms with Crippen LogP contribution in [0.2, 0.25) is 0 Å². The molecule has 1 aliphatic carbocycles. The summed E-state index contributed by atoms with van der Waals surface area (Å²) < 4.78 is 4.06. The Kier molecular flexibility index (Phi) is 2.41. The van der Waals surface area contributed by atoms with E-state index in [1.54, 1.807) is 0 Å². The molecule has 7 nitrogen and oxygen atoms in total. The molecule has 3 heterocycles. The Balaban J connectivity index is 1.37. The maximum atomic E-state index is 4.37. The quantitative estimate of drug-likeness (QED) is 0.803. The molecular formula is C12H17N7. The monoisotopic (exact) mass is 259 g/mol. The van der Waals surface area contributed by atoms with Gasteiger partial charge < -0.3 is 0 Å². The average Bonchev–Trinajstić information content (AvgIpc) is 2.94. The Hall–Kier alpha value is -1.76. The number of nitrogens with zero attached hydrogens (tertiary/aromatic N) is 7. The van der Waals surface area contributed by atoms with Crippen LogP contribution >= 0.6 is 0 Å². The maximum absolute atomic E-state index is 4.37. The van der Waals surface area contributed by atoms with E-state index in [-0.39, 0.29) is 0 Å². The molecule has 19 heavy (non-hydrogen) atoms. The van der Waals surface area contributed by atoms with E-state index in [4.69, 9.17) is 0 Å². The summed E-state index contributed by atoms with van der Waals surface area (Å²) in [5, 5.41) is 16.4. The van der Waals surface area contributed by atoms with Crippen LogP contribution in [0.15, 0.2) is 12.4 Å².